The molecule has 45 heavy (non-hydrogen) atoms. The quantitative estimate of drug-likeness (QED) is 0.239. The highest BCUT2D eigenvalue weighted by molar-refractivity contribution is 5.80. The van der Waals surface area contributed by atoms with Gasteiger partial charge in [-0.3, -0.25) is 14.5 Å². The molecule has 0 aromatic heterocycles. The molecular weight excluding hydrogens is 572 g/mol. The number of amides is 1. The normalized spacial score (nSPS) is 23.6. The average Bonchev–Trinajstić information content (AvgIpc) is 3.50. The predicted octanol–water partition coefficient (Wildman–Crippen LogP) is 5.23. The highest BCUT2D eigenvalue weighted by Crippen LogP contribution is 2.43. The van der Waals surface area contributed by atoms with Crippen molar-refractivity contribution in [2.75, 3.05) is 26.8 Å². The van der Waals surface area contributed by atoms with Crippen LogP contribution in [0.3, 0.4) is 0 Å². The molecule has 5 atom stereocenters. The SMILES string of the molecule is COCC1CCCN1CC1OC(c2cccc(-c3cccc(CNC(=O)CCC(=O)O)c3)c2)OC(c2ccc(CO)cc2)C1C. The number of hydrogen-bond donors (Lipinski definition) is 3. The third-order valence-electron chi connectivity index (χ3n) is 8.87. The highest BCUT2D eigenvalue weighted by Gasteiger charge is 2.40. The van der Waals surface area contributed by atoms with E-state index in [2.05, 4.69) is 23.2 Å². The molecule has 2 fully saturated rings. The van der Waals surface area contributed by atoms with Crippen LogP contribution in [0.5, 0.6) is 0 Å². The van der Waals surface area contributed by atoms with E-state index in [1.54, 1.807) is 7.11 Å². The van der Waals surface area contributed by atoms with Crippen LogP contribution in [0.25, 0.3) is 11.1 Å². The smallest absolute Gasteiger partial charge is 0.303 e. The topological polar surface area (TPSA) is 118 Å². The van der Waals surface area contributed by atoms with E-state index >= 15 is 0 Å². The van der Waals surface area contributed by atoms with Gasteiger partial charge in [0.15, 0.2) is 6.29 Å². The summed E-state index contributed by atoms with van der Waals surface area (Å²) in [7, 11) is 1.76. The molecule has 2 heterocycles. The number of hydrogen-bond acceptors (Lipinski definition) is 7. The van der Waals surface area contributed by atoms with Crippen LogP contribution >= 0.6 is 0 Å². The number of benzene rings is 3. The summed E-state index contributed by atoms with van der Waals surface area (Å²) in [5, 5.41) is 21.2. The number of carbonyl (C=O) groups is 2. The summed E-state index contributed by atoms with van der Waals surface area (Å²) in [5.74, 6) is -1.19. The van der Waals surface area contributed by atoms with Crippen molar-refractivity contribution < 1.29 is 34.0 Å². The largest absolute Gasteiger partial charge is 0.481 e. The van der Waals surface area contributed by atoms with Crippen LogP contribution < -0.4 is 5.32 Å². The van der Waals surface area contributed by atoms with Gasteiger partial charge in [-0.05, 0) is 59.3 Å². The van der Waals surface area contributed by atoms with Gasteiger partial charge >= 0.3 is 5.97 Å². The second-order valence-electron chi connectivity index (χ2n) is 12.1. The highest BCUT2D eigenvalue weighted by atomic mass is 16.7. The van der Waals surface area contributed by atoms with E-state index in [4.69, 9.17) is 19.3 Å². The monoisotopic (exact) mass is 616 g/mol. The molecule has 3 aromatic rings. The number of rotatable bonds is 13. The fourth-order valence-corrected chi connectivity index (χ4v) is 6.31. The second-order valence-corrected chi connectivity index (χ2v) is 12.1. The van der Waals surface area contributed by atoms with Gasteiger partial charge in [0.25, 0.3) is 0 Å². The Kier molecular flexibility index (Phi) is 11.4. The molecule has 3 aromatic carbocycles. The van der Waals surface area contributed by atoms with E-state index in [-0.39, 0.29) is 43.5 Å². The molecule has 5 rings (SSSR count). The lowest BCUT2D eigenvalue weighted by molar-refractivity contribution is -0.276. The number of aliphatic carboxylic acids is 1. The lowest BCUT2D eigenvalue weighted by atomic mass is 9.89. The van der Waals surface area contributed by atoms with Crippen LogP contribution in [0.1, 0.15) is 67.3 Å². The van der Waals surface area contributed by atoms with Gasteiger partial charge in [-0.25, -0.2) is 0 Å². The summed E-state index contributed by atoms with van der Waals surface area (Å²) in [5.41, 5.74) is 5.75. The number of carboxylic acid groups (broad SMARTS) is 1. The van der Waals surface area contributed by atoms with Crippen LogP contribution in [0.15, 0.2) is 72.8 Å². The molecule has 0 bridgehead atoms. The molecule has 2 saturated heterocycles. The molecule has 9 nitrogen and oxygen atoms in total. The Balaban J connectivity index is 1.36. The first-order valence-electron chi connectivity index (χ1n) is 15.8. The van der Waals surface area contributed by atoms with E-state index in [1.165, 1.54) is 0 Å². The number of methoxy groups -OCH3 is 1. The van der Waals surface area contributed by atoms with Gasteiger partial charge in [0.2, 0.25) is 5.91 Å². The van der Waals surface area contributed by atoms with Gasteiger partial charge in [-0.1, -0.05) is 67.6 Å². The first-order chi connectivity index (χ1) is 21.8. The van der Waals surface area contributed by atoms with Crippen molar-refractivity contribution in [3.8, 4) is 11.1 Å². The summed E-state index contributed by atoms with van der Waals surface area (Å²) in [4.78, 5) is 25.3. The summed E-state index contributed by atoms with van der Waals surface area (Å²) in [6.07, 6.45) is 1.19. The van der Waals surface area contributed by atoms with Gasteiger partial charge < -0.3 is 29.7 Å². The molecule has 9 heteroatoms. The van der Waals surface area contributed by atoms with Crippen LogP contribution in [-0.2, 0) is 37.0 Å². The summed E-state index contributed by atoms with van der Waals surface area (Å²) in [6.45, 7) is 5.03. The second kappa shape index (κ2) is 15.6. The van der Waals surface area contributed by atoms with Gasteiger partial charge in [0.1, 0.15) is 0 Å². The number of aliphatic hydroxyl groups is 1. The zero-order chi connectivity index (χ0) is 31.8. The molecule has 0 saturated carbocycles. The Bertz CT molecular complexity index is 1430. The number of nitrogens with zero attached hydrogens (tertiary/aromatic N) is 1. The fraction of sp³-hybridized carbons (Fsp3) is 0.444. The summed E-state index contributed by atoms with van der Waals surface area (Å²) < 4.78 is 19.0. The van der Waals surface area contributed by atoms with Crippen molar-refractivity contribution in [3.05, 3.63) is 95.1 Å². The third kappa shape index (κ3) is 8.56. The molecule has 3 N–H and O–H groups in total. The predicted molar refractivity (Wildman–Crippen MR) is 170 cm³/mol. The Labute approximate surface area is 265 Å². The number of aliphatic hydroxyl groups excluding tert-OH is 1. The van der Waals surface area contributed by atoms with Crippen molar-refractivity contribution in [2.24, 2.45) is 5.92 Å². The van der Waals surface area contributed by atoms with Crippen molar-refractivity contribution in [2.45, 2.75) is 70.3 Å². The van der Waals surface area contributed by atoms with Crippen molar-refractivity contribution in [3.63, 3.8) is 0 Å². The van der Waals surface area contributed by atoms with E-state index in [0.717, 1.165) is 59.3 Å². The van der Waals surface area contributed by atoms with Gasteiger partial charge in [-0.2, -0.15) is 0 Å². The van der Waals surface area contributed by atoms with Crippen LogP contribution in [0, 0.1) is 5.92 Å². The molecular formula is C36H44N2O7. The van der Waals surface area contributed by atoms with E-state index in [0.29, 0.717) is 19.2 Å². The maximum absolute atomic E-state index is 12.0. The molecule has 5 unspecified atom stereocenters. The number of likely N-dealkylation sites (tertiary alicyclic amines) is 1. The third-order valence-corrected chi connectivity index (χ3v) is 8.87. The zero-order valence-corrected chi connectivity index (χ0v) is 26.1. The molecule has 2 aliphatic heterocycles. The van der Waals surface area contributed by atoms with Gasteiger partial charge in [0.05, 0.1) is 31.8 Å². The minimum absolute atomic E-state index is 0.00332. The minimum atomic E-state index is -0.990. The molecule has 240 valence electrons. The number of carbonyl (C=O) groups excluding carboxylic acids is 1. The molecule has 2 aliphatic rings. The van der Waals surface area contributed by atoms with E-state index in [9.17, 15) is 14.7 Å². The lowest BCUT2D eigenvalue weighted by Gasteiger charge is -2.43. The maximum Gasteiger partial charge on any atom is 0.303 e. The number of nitrogens with one attached hydrogen (secondary N) is 1. The summed E-state index contributed by atoms with van der Waals surface area (Å²) >= 11 is 0. The Morgan fingerprint density at radius 2 is 1.71 bits per heavy atom. The average molecular weight is 617 g/mol. The molecule has 0 aliphatic carbocycles. The number of ether oxygens (including phenoxy) is 3. The van der Waals surface area contributed by atoms with Crippen LogP contribution in [0.4, 0.5) is 0 Å². The molecule has 1 amide bonds. The van der Waals surface area contributed by atoms with Gasteiger partial charge in [-0.15, -0.1) is 0 Å². The fourth-order valence-electron chi connectivity index (χ4n) is 6.31. The molecule has 0 spiro atoms. The van der Waals surface area contributed by atoms with Crippen molar-refractivity contribution >= 4 is 11.9 Å². The minimum Gasteiger partial charge on any atom is -0.481 e. The Morgan fingerprint density at radius 1 is 0.956 bits per heavy atom. The summed E-state index contributed by atoms with van der Waals surface area (Å²) in [6, 6.07) is 24.5. The Morgan fingerprint density at radius 3 is 2.44 bits per heavy atom. The first-order valence-corrected chi connectivity index (χ1v) is 15.8. The zero-order valence-electron chi connectivity index (χ0n) is 26.1. The van der Waals surface area contributed by atoms with Crippen LogP contribution in [-0.4, -0.2) is 65.9 Å². The van der Waals surface area contributed by atoms with E-state index in [1.807, 2.05) is 66.7 Å². The van der Waals surface area contributed by atoms with E-state index < -0.39 is 12.3 Å². The molecule has 0 radical (unpaired) electrons. The van der Waals surface area contributed by atoms with Crippen molar-refractivity contribution in [1.82, 2.24) is 10.2 Å². The Hall–Kier alpha value is -3.60. The number of carboxylic acids is 1. The first kappa shape index (κ1) is 32.8. The van der Waals surface area contributed by atoms with Gasteiger partial charge in [0, 0.05) is 44.1 Å². The van der Waals surface area contributed by atoms with Crippen LogP contribution in [0.2, 0.25) is 0 Å². The lowest BCUT2D eigenvalue weighted by Crippen LogP contribution is -2.46. The standard InChI is InChI=1S/C36H44N2O7/c1-24-32(21-38-17-5-10-31(38)23-43-2)44-36(45-35(24)27-13-11-25(22-39)12-14-27)30-9-4-8-29(19-30)28-7-3-6-26(18-28)20-37-33(40)15-16-34(41)42/h3-4,6-9,11-14,18-19,24,31-32,35-36,39H,5,10,15-17,20-23H2,1-2H3,(H,37,40)(H,41,42). The maximum atomic E-state index is 12.0. The van der Waals surface area contributed by atoms with Crippen molar-refractivity contribution in [1.29, 1.82) is 0 Å².